The minimum absolute atomic E-state index is 0.315. The van der Waals surface area contributed by atoms with Gasteiger partial charge in [-0.2, -0.15) is 4.98 Å². The van der Waals surface area contributed by atoms with Crippen molar-refractivity contribution < 1.29 is 9.26 Å². The summed E-state index contributed by atoms with van der Waals surface area (Å²) >= 11 is 0. The summed E-state index contributed by atoms with van der Waals surface area (Å²) in [5.74, 6) is 2.30. The highest BCUT2D eigenvalue weighted by molar-refractivity contribution is 5.03. The fourth-order valence-electron chi connectivity index (χ4n) is 1.89. The first-order valence-electron chi connectivity index (χ1n) is 6.20. The van der Waals surface area contributed by atoms with Crippen molar-refractivity contribution in [1.29, 1.82) is 0 Å². The summed E-state index contributed by atoms with van der Waals surface area (Å²) in [7, 11) is 1.68. The second-order valence-electron chi connectivity index (χ2n) is 4.95. The molecule has 1 aromatic heterocycles. The van der Waals surface area contributed by atoms with E-state index in [9.17, 15) is 0 Å². The number of rotatable bonds is 5. The maximum absolute atomic E-state index is 5.47. The van der Waals surface area contributed by atoms with Crippen LogP contribution in [0.5, 0.6) is 0 Å². The fraction of sp³-hybridized carbons (Fsp3) is 0.833. The maximum atomic E-state index is 5.47. The summed E-state index contributed by atoms with van der Waals surface area (Å²) in [4.78, 5) is 4.50. The molecule has 5 nitrogen and oxygen atoms in total. The van der Waals surface area contributed by atoms with E-state index < -0.39 is 5.60 Å². The van der Waals surface area contributed by atoms with Gasteiger partial charge in [0.1, 0.15) is 5.60 Å². The van der Waals surface area contributed by atoms with Gasteiger partial charge in [0.25, 0.3) is 0 Å². The van der Waals surface area contributed by atoms with Gasteiger partial charge in [0.2, 0.25) is 11.7 Å². The van der Waals surface area contributed by atoms with E-state index in [0.29, 0.717) is 17.7 Å². The molecule has 1 aliphatic heterocycles. The SMILES string of the molecule is CCC(C)(OC)c1noc(C(C)C2CNC2)n1. The molecule has 96 valence electrons. The molecule has 2 rings (SSSR count). The molecule has 0 radical (unpaired) electrons. The first kappa shape index (κ1) is 12.5. The topological polar surface area (TPSA) is 60.2 Å². The Morgan fingerprint density at radius 2 is 2.29 bits per heavy atom. The molecule has 1 saturated heterocycles. The molecule has 1 aliphatic rings. The molecule has 5 heteroatoms. The second-order valence-corrected chi connectivity index (χ2v) is 4.95. The van der Waals surface area contributed by atoms with Crippen molar-refractivity contribution in [3.8, 4) is 0 Å². The highest BCUT2D eigenvalue weighted by atomic mass is 16.5. The van der Waals surface area contributed by atoms with E-state index >= 15 is 0 Å². The van der Waals surface area contributed by atoms with Gasteiger partial charge in [-0.3, -0.25) is 0 Å². The zero-order valence-corrected chi connectivity index (χ0v) is 11.0. The predicted octanol–water partition coefficient (Wildman–Crippen LogP) is 1.66. The lowest BCUT2D eigenvalue weighted by molar-refractivity contribution is -0.0106. The first-order valence-corrected chi connectivity index (χ1v) is 6.20. The third kappa shape index (κ3) is 2.21. The Morgan fingerprint density at radius 3 is 2.76 bits per heavy atom. The van der Waals surface area contributed by atoms with E-state index in [2.05, 4.69) is 29.3 Å². The molecule has 0 amide bonds. The number of ether oxygens (including phenoxy) is 1. The van der Waals surface area contributed by atoms with Gasteiger partial charge in [0, 0.05) is 13.0 Å². The second kappa shape index (κ2) is 4.74. The Labute approximate surface area is 102 Å². The third-order valence-electron chi connectivity index (χ3n) is 3.95. The van der Waals surface area contributed by atoms with Crippen molar-refractivity contribution >= 4 is 0 Å². The number of nitrogens with zero attached hydrogens (tertiary/aromatic N) is 2. The van der Waals surface area contributed by atoms with Crippen LogP contribution in [0.1, 0.15) is 44.8 Å². The van der Waals surface area contributed by atoms with Crippen LogP contribution in [0, 0.1) is 5.92 Å². The summed E-state index contributed by atoms with van der Waals surface area (Å²) in [6.07, 6.45) is 0.821. The van der Waals surface area contributed by atoms with Gasteiger partial charge in [0.15, 0.2) is 0 Å². The Balaban J connectivity index is 2.14. The summed E-state index contributed by atoms with van der Waals surface area (Å²) in [6.45, 7) is 8.25. The Hall–Kier alpha value is -0.940. The molecule has 2 heterocycles. The van der Waals surface area contributed by atoms with Crippen LogP contribution in [0.15, 0.2) is 4.52 Å². The zero-order valence-electron chi connectivity index (χ0n) is 11.0. The molecular formula is C12H21N3O2. The number of hydrogen-bond donors (Lipinski definition) is 1. The standard InChI is InChI=1S/C12H21N3O2/c1-5-12(3,16-4)11-14-10(17-15-11)8(2)9-6-13-7-9/h8-9,13H,5-7H2,1-4H3. The molecule has 2 atom stereocenters. The number of hydrogen-bond acceptors (Lipinski definition) is 5. The molecule has 0 aliphatic carbocycles. The maximum Gasteiger partial charge on any atom is 0.229 e. The van der Waals surface area contributed by atoms with E-state index in [1.807, 2.05) is 6.92 Å². The van der Waals surface area contributed by atoms with Crippen molar-refractivity contribution in [3.63, 3.8) is 0 Å². The van der Waals surface area contributed by atoms with Gasteiger partial charge in [-0.25, -0.2) is 0 Å². The van der Waals surface area contributed by atoms with Crippen molar-refractivity contribution in [2.75, 3.05) is 20.2 Å². The summed E-state index contributed by atoms with van der Waals surface area (Å²) in [6, 6.07) is 0. The smallest absolute Gasteiger partial charge is 0.229 e. The molecule has 1 N–H and O–H groups in total. The van der Waals surface area contributed by atoms with Crippen molar-refractivity contribution in [2.45, 2.75) is 38.7 Å². The highest BCUT2D eigenvalue weighted by Crippen LogP contribution is 2.30. The summed E-state index contributed by atoms with van der Waals surface area (Å²) in [5, 5.41) is 7.32. The van der Waals surface area contributed by atoms with Crippen LogP contribution < -0.4 is 5.32 Å². The van der Waals surface area contributed by atoms with Crippen LogP contribution in [0.25, 0.3) is 0 Å². The van der Waals surface area contributed by atoms with Crippen molar-refractivity contribution in [3.05, 3.63) is 11.7 Å². The largest absolute Gasteiger partial charge is 0.370 e. The minimum Gasteiger partial charge on any atom is -0.370 e. The van der Waals surface area contributed by atoms with Gasteiger partial charge in [-0.05, 0) is 32.4 Å². The van der Waals surface area contributed by atoms with E-state index in [-0.39, 0.29) is 0 Å². The molecule has 1 fully saturated rings. The van der Waals surface area contributed by atoms with E-state index in [0.717, 1.165) is 25.4 Å². The summed E-state index contributed by atoms with van der Waals surface area (Å²) < 4.78 is 10.8. The monoisotopic (exact) mass is 239 g/mol. The average molecular weight is 239 g/mol. The van der Waals surface area contributed by atoms with Gasteiger partial charge >= 0.3 is 0 Å². The Kier molecular flexibility index (Phi) is 3.49. The van der Waals surface area contributed by atoms with Crippen LogP contribution in [0.3, 0.4) is 0 Å². The first-order chi connectivity index (χ1) is 8.10. The molecule has 0 saturated carbocycles. The van der Waals surface area contributed by atoms with Crippen LogP contribution in [-0.2, 0) is 10.3 Å². The third-order valence-corrected chi connectivity index (χ3v) is 3.95. The Bertz CT molecular complexity index is 370. The van der Waals surface area contributed by atoms with Crippen LogP contribution >= 0.6 is 0 Å². The van der Waals surface area contributed by atoms with E-state index in [1.165, 1.54) is 0 Å². The van der Waals surface area contributed by atoms with Gasteiger partial charge < -0.3 is 14.6 Å². The number of nitrogens with one attached hydrogen (secondary N) is 1. The van der Waals surface area contributed by atoms with E-state index in [4.69, 9.17) is 9.26 Å². The zero-order chi connectivity index (χ0) is 12.5. The lowest BCUT2D eigenvalue weighted by atomic mass is 9.89. The van der Waals surface area contributed by atoms with Gasteiger partial charge in [-0.1, -0.05) is 19.0 Å². The molecule has 0 aromatic carbocycles. The lowest BCUT2D eigenvalue weighted by Gasteiger charge is -2.30. The molecule has 0 spiro atoms. The molecule has 1 aromatic rings. The van der Waals surface area contributed by atoms with Crippen molar-refractivity contribution in [1.82, 2.24) is 15.5 Å². The minimum atomic E-state index is -0.445. The van der Waals surface area contributed by atoms with Gasteiger partial charge in [0.05, 0.1) is 0 Å². The fourth-order valence-corrected chi connectivity index (χ4v) is 1.89. The van der Waals surface area contributed by atoms with Gasteiger partial charge in [-0.15, -0.1) is 0 Å². The number of methoxy groups -OCH3 is 1. The predicted molar refractivity (Wildman–Crippen MR) is 63.7 cm³/mol. The summed E-state index contributed by atoms with van der Waals surface area (Å²) in [5.41, 5.74) is -0.445. The molecule has 0 bridgehead atoms. The number of aromatic nitrogens is 2. The van der Waals surface area contributed by atoms with Crippen LogP contribution in [-0.4, -0.2) is 30.3 Å². The Morgan fingerprint density at radius 1 is 1.59 bits per heavy atom. The molecule has 2 unspecified atom stereocenters. The molecular weight excluding hydrogens is 218 g/mol. The van der Waals surface area contributed by atoms with E-state index in [1.54, 1.807) is 7.11 Å². The quantitative estimate of drug-likeness (QED) is 0.846. The highest BCUT2D eigenvalue weighted by Gasteiger charge is 2.33. The molecule has 17 heavy (non-hydrogen) atoms. The normalized spacial score (nSPS) is 21.9. The average Bonchev–Trinajstić information content (AvgIpc) is 2.75. The van der Waals surface area contributed by atoms with Crippen LogP contribution in [0.2, 0.25) is 0 Å². The van der Waals surface area contributed by atoms with Crippen LogP contribution in [0.4, 0.5) is 0 Å². The lowest BCUT2D eigenvalue weighted by Crippen LogP contribution is -2.44. The van der Waals surface area contributed by atoms with Crippen molar-refractivity contribution in [2.24, 2.45) is 5.92 Å².